The molecule has 4 heteroatoms. The van der Waals surface area contributed by atoms with Gasteiger partial charge in [0.05, 0.1) is 0 Å². The molecule has 1 aliphatic rings. The molecule has 0 unspecified atom stereocenters. The van der Waals surface area contributed by atoms with E-state index in [1.54, 1.807) is 6.07 Å². The van der Waals surface area contributed by atoms with E-state index in [1.165, 1.54) is 0 Å². The molecule has 1 aromatic rings. The third kappa shape index (κ3) is 1.53. The number of nitrogen functional groups attached to an aromatic ring is 1. The molecule has 0 amide bonds. The molecule has 0 radical (unpaired) electrons. The third-order valence-electron chi connectivity index (χ3n) is 2.55. The summed E-state index contributed by atoms with van der Waals surface area (Å²) in [4.78, 5) is 0. The number of hydrogen-bond acceptors (Lipinski definition) is 3. The topological polar surface area (TPSA) is 58.3 Å². The van der Waals surface area contributed by atoms with E-state index in [0.29, 0.717) is 11.3 Å². The van der Waals surface area contributed by atoms with E-state index in [1.807, 2.05) is 0 Å². The molecule has 0 aromatic heterocycles. The molecule has 4 N–H and O–H groups in total. The predicted octanol–water partition coefficient (Wildman–Crippen LogP) is 1.54. The zero-order valence-electron chi connectivity index (χ0n) is 7.76. The highest BCUT2D eigenvalue weighted by molar-refractivity contribution is 5.49. The molecule has 2 rings (SSSR count). The third-order valence-corrected chi connectivity index (χ3v) is 2.55. The van der Waals surface area contributed by atoms with E-state index in [0.717, 1.165) is 25.5 Å². The monoisotopic (exact) mass is 196 g/mol. The Bertz CT molecular complexity index is 348. The van der Waals surface area contributed by atoms with Crippen molar-refractivity contribution in [1.29, 1.82) is 0 Å². The van der Waals surface area contributed by atoms with Crippen LogP contribution in [-0.2, 0) is 0 Å². The fourth-order valence-corrected chi connectivity index (χ4v) is 1.86. The molecular weight excluding hydrogens is 183 g/mol. The Labute approximate surface area is 81.7 Å². The molecule has 1 heterocycles. The summed E-state index contributed by atoms with van der Waals surface area (Å²) in [7, 11) is 0. The Hall–Kier alpha value is -1.29. The first-order valence-electron chi connectivity index (χ1n) is 4.70. The van der Waals surface area contributed by atoms with E-state index in [4.69, 9.17) is 5.73 Å². The number of phenolic OH excluding ortho intramolecular Hbond substituents is 1. The van der Waals surface area contributed by atoms with Crippen LogP contribution in [0, 0.1) is 5.82 Å². The van der Waals surface area contributed by atoms with Crippen LogP contribution in [0.15, 0.2) is 12.1 Å². The zero-order chi connectivity index (χ0) is 10.1. The van der Waals surface area contributed by atoms with Gasteiger partial charge in [0.1, 0.15) is 0 Å². The van der Waals surface area contributed by atoms with Crippen molar-refractivity contribution in [3.05, 3.63) is 23.5 Å². The van der Waals surface area contributed by atoms with Gasteiger partial charge in [-0.05, 0) is 25.5 Å². The van der Waals surface area contributed by atoms with Crippen LogP contribution in [-0.4, -0.2) is 11.7 Å². The van der Waals surface area contributed by atoms with Gasteiger partial charge in [-0.25, -0.2) is 4.39 Å². The SMILES string of the molecule is Nc1cc(F)c(O)c([C@H]2CCCN2)c1. The molecule has 76 valence electrons. The minimum atomic E-state index is -0.645. The largest absolute Gasteiger partial charge is 0.505 e. The van der Waals surface area contributed by atoms with Crippen LogP contribution in [0.4, 0.5) is 10.1 Å². The Morgan fingerprint density at radius 1 is 1.50 bits per heavy atom. The molecule has 1 aromatic carbocycles. The Morgan fingerprint density at radius 3 is 2.93 bits per heavy atom. The fraction of sp³-hybridized carbons (Fsp3) is 0.400. The lowest BCUT2D eigenvalue weighted by Gasteiger charge is -2.13. The van der Waals surface area contributed by atoms with Crippen molar-refractivity contribution in [2.75, 3.05) is 12.3 Å². The van der Waals surface area contributed by atoms with E-state index in [-0.39, 0.29) is 11.8 Å². The van der Waals surface area contributed by atoms with Gasteiger partial charge in [-0.2, -0.15) is 0 Å². The van der Waals surface area contributed by atoms with E-state index >= 15 is 0 Å². The molecule has 1 saturated heterocycles. The van der Waals surface area contributed by atoms with E-state index in [2.05, 4.69) is 5.32 Å². The molecule has 1 fully saturated rings. The van der Waals surface area contributed by atoms with Crippen molar-refractivity contribution >= 4 is 5.69 Å². The Morgan fingerprint density at radius 2 is 2.29 bits per heavy atom. The Kier molecular flexibility index (Phi) is 2.29. The van der Waals surface area contributed by atoms with Gasteiger partial charge in [0.25, 0.3) is 0 Å². The predicted molar refractivity (Wildman–Crippen MR) is 52.5 cm³/mol. The summed E-state index contributed by atoms with van der Waals surface area (Å²) in [5.41, 5.74) is 6.44. The second-order valence-electron chi connectivity index (χ2n) is 3.59. The molecule has 0 bridgehead atoms. The maximum absolute atomic E-state index is 13.1. The van der Waals surface area contributed by atoms with Gasteiger partial charge in [-0.15, -0.1) is 0 Å². The van der Waals surface area contributed by atoms with Crippen molar-refractivity contribution in [1.82, 2.24) is 5.32 Å². The van der Waals surface area contributed by atoms with E-state index < -0.39 is 5.82 Å². The highest BCUT2D eigenvalue weighted by atomic mass is 19.1. The maximum atomic E-state index is 13.1. The van der Waals surface area contributed by atoms with Crippen molar-refractivity contribution < 1.29 is 9.50 Å². The number of anilines is 1. The number of nitrogens with one attached hydrogen (secondary N) is 1. The van der Waals surface area contributed by atoms with Gasteiger partial charge in [0, 0.05) is 23.4 Å². The highest BCUT2D eigenvalue weighted by Gasteiger charge is 2.21. The second kappa shape index (κ2) is 3.46. The zero-order valence-corrected chi connectivity index (χ0v) is 7.76. The summed E-state index contributed by atoms with van der Waals surface area (Å²) < 4.78 is 13.1. The van der Waals surface area contributed by atoms with Crippen LogP contribution in [0.5, 0.6) is 5.75 Å². The lowest BCUT2D eigenvalue weighted by Crippen LogP contribution is -2.13. The van der Waals surface area contributed by atoms with Crippen LogP contribution in [0.3, 0.4) is 0 Å². The maximum Gasteiger partial charge on any atom is 0.167 e. The van der Waals surface area contributed by atoms with Gasteiger partial charge in [-0.1, -0.05) is 0 Å². The first kappa shape index (κ1) is 9.27. The van der Waals surface area contributed by atoms with Crippen LogP contribution >= 0.6 is 0 Å². The van der Waals surface area contributed by atoms with Crippen LogP contribution < -0.4 is 11.1 Å². The molecule has 0 aliphatic carbocycles. The highest BCUT2D eigenvalue weighted by Crippen LogP contribution is 2.33. The minimum absolute atomic E-state index is 0.0352. The number of halogens is 1. The minimum Gasteiger partial charge on any atom is -0.505 e. The van der Waals surface area contributed by atoms with Gasteiger partial charge in [-0.3, -0.25) is 0 Å². The average Bonchev–Trinajstić information content (AvgIpc) is 2.63. The van der Waals surface area contributed by atoms with E-state index in [9.17, 15) is 9.50 Å². The van der Waals surface area contributed by atoms with Gasteiger partial charge in [0.2, 0.25) is 0 Å². The number of aromatic hydroxyl groups is 1. The summed E-state index contributed by atoms with van der Waals surface area (Å²) in [5, 5.41) is 12.7. The summed E-state index contributed by atoms with van der Waals surface area (Å²) >= 11 is 0. The molecule has 3 nitrogen and oxygen atoms in total. The summed E-state index contributed by atoms with van der Waals surface area (Å²) in [6.07, 6.45) is 1.96. The van der Waals surface area contributed by atoms with Gasteiger partial charge in [0.15, 0.2) is 11.6 Å². The Balaban J connectivity index is 2.40. The molecular formula is C10H13FN2O. The van der Waals surface area contributed by atoms with Crippen LogP contribution in [0.2, 0.25) is 0 Å². The average molecular weight is 196 g/mol. The lowest BCUT2D eigenvalue weighted by molar-refractivity contribution is 0.418. The first-order chi connectivity index (χ1) is 6.68. The van der Waals surface area contributed by atoms with Crippen molar-refractivity contribution in [3.63, 3.8) is 0 Å². The van der Waals surface area contributed by atoms with Crippen molar-refractivity contribution in [3.8, 4) is 5.75 Å². The van der Waals surface area contributed by atoms with Crippen molar-refractivity contribution in [2.24, 2.45) is 0 Å². The summed E-state index contributed by atoms with van der Waals surface area (Å²) in [6.45, 7) is 0.903. The van der Waals surface area contributed by atoms with Crippen LogP contribution in [0.25, 0.3) is 0 Å². The van der Waals surface area contributed by atoms with Gasteiger partial charge >= 0.3 is 0 Å². The number of phenols is 1. The lowest BCUT2D eigenvalue weighted by atomic mass is 10.0. The number of benzene rings is 1. The standard InChI is InChI=1S/C10H13FN2O/c11-8-5-6(12)4-7(10(8)14)9-2-1-3-13-9/h4-5,9,13-14H,1-3,12H2/t9-/m1/s1. The second-order valence-corrected chi connectivity index (χ2v) is 3.59. The number of nitrogens with two attached hydrogens (primary N) is 1. The smallest absolute Gasteiger partial charge is 0.167 e. The summed E-state index contributed by atoms with van der Waals surface area (Å²) in [6, 6.07) is 2.79. The molecule has 1 atom stereocenters. The molecule has 14 heavy (non-hydrogen) atoms. The molecule has 0 saturated carbocycles. The molecule has 1 aliphatic heterocycles. The first-order valence-corrected chi connectivity index (χ1v) is 4.70. The number of rotatable bonds is 1. The van der Waals surface area contributed by atoms with Gasteiger partial charge < -0.3 is 16.2 Å². The number of hydrogen-bond donors (Lipinski definition) is 3. The molecule has 0 spiro atoms. The van der Waals surface area contributed by atoms with Crippen LogP contribution in [0.1, 0.15) is 24.4 Å². The van der Waals surface area contributed by atoms with Crippen molar-refractivity contribution in [2.45, 2.75) is 18.9 Å². The normalized spacial score (nSPS) is 21.4. The fourth-order valence-electron chi connectivity index (χ4n) is 1.86. The quantitative estimate of drug-likeness (QED) is 0.471. The summed E-state index contributed by atoms with van der Waals surface area (Å²) in [5.74, 6) is -0.924.